The first kappa shape index (κ1) is 34.5. The van der Waals surface area contributed by atoms with Crippen molar-refractivity contribution >= 4 is 35.2 Å². The molecule has 1 aliphatic rings. The van der Waals surface area contributed by atoms with E-state index in [0.29, 0.717) is 11.0 Å². The molecule has 2 amide bonds. The van der Waals surface area contributed by atoms with Gasteiger partial charge in [-0.3, -0.25) is 0 Å². The van der Waals surface area contributed by atoms with Crippen LogP contribution in [0.3, 0.4) is 0 Å². The molecule has 1 saturated heterocycles. The lowest BCUT2D eigenvalue weighted by molar-refractivity contribution is 0.0691. The summed E-state index contributed by atoms with van der Waals surface area (Å²) in [6.45, 7) is 8.97. The highest BCUT2D eigenvalue weighted by atomic mass is 35.5. The molecule has 42 heavy (non-hydrogen) atoms. The average molecular weight is 623 g/mol. The standard InChI is InChI=1S/C20H16ClF2N3O3.C6H4ClF.C5H12/c21-13-2-4-15(17(23)8-13)20(10-24)5-6-26(11-20)19(29)25-9-12-1-3-14(18(27)28)16(22)7-12;7-5-3-1-2-4-6(5)8;1-5(2,3)4/h1-4,7-8H,5-6,9,11H2,(H,25,29)(H,27,28);1-4H;1-4H3. The van der Waals surface area contributed by atoms with Crippen LogP contribution in [0.1, 0.15) is 55.6 Å². The molecule has 0 aromatic heterocycles. The molecule has 0 bridgehead atoms. The van der Waals surface area contributed by atoms with Crippen molar-refractivity contribution in [2.45, 2.75) is 46.1 Å². The minimum absolute atomic E-state index is 0.000197. The summed E-state index contributed by atoms with van der Waals surface area (Å²) in [6, 6.07) is 15.4. The molecule has 0 spiro atoms. The molecule has 224 valence electrons. The van der Waals surface area contributed by atoms with Gasteiger partial charge in [0.2, 0.25) is 0 Å². The van der Waals surface area contributed by atoms with Crippen molar-refractivity contribution in [1.82, 2.24) is 10.2 Å². The number of aromatic carboxylic acids is 1. The Hall–Kier alpha value is -3.74. The zero-order chi connectivity index (χ0) is 31.7. The van der Waals surface area contributed by atoms with Crippen LogP contribution in [0.2, 0.25) is 10.0 Å². The Morgan fingerprint density at radius 1 is 1.00 bits per heavy atom. The van der Waals surface area contributed by atoms with E-state index in [1.165, 1.54) is 35.2 Å². The number of urea groups is 1. The summed E-state index contributed by atoms with van der Waals surface area (Å²) < 4.78 is 40.3. The van der Waals surface area contributed by atoms with Crippen LogP contribution in [0.4, 0.5) is 18.0 Å². The second-order valence-corrected chi connectivity index (χ2v) is 12.0. The number of likely N-dealkylation sites (tertiary alicyclic amines) is 1. The van der Waals surface area contributed by atoms with Gasteiger partial charge in [-0.1, -0.05) is 75.2 Å². The van der Waals surface area contributed by atoms with Crippen LogP contribution in [-0.2, 0) is 12.0 Å². The van der Waals surface area contributed by atoms with E-state index in [0.717, 1.165) is 18.2 Å². The predicted molar refractivity (Wildman–Crippen MR) is 157 cm³/mol. The van der Waals surface area contributed by atoms with E-state index < -0.39 is 34.6 Å². The molecule has 6 nitrogen and oxygen atoms in total. The van der Waals surface area contributed by atoms with Gasteiger partial charge in [0, 0.05) is 30.2 Å². The minimum atomic E-state index is -1.38. The number of amides is 2. The molecule has 3 aromatic carbocycles. The molecule has 1 atom stereocenters. The number of halogens is 5. The van der Waals surface area contributed by atoms with Crippen LogP contribution >= 0.6 is 23.2 Å². The number of benzene rings is 3. The van der Waals surface area contributed by atoms with E-state index in [1.807, 2.05) is 0 Å². The number of rotatable bonds is 4. The van der Waals surface area contributed by atoms with Gasteiger partial charge in [0.05, 0.1) is 16.7 Å². The minimum Gasteiger partial charge on any atom is -0.478 e. The van der Waals surface area contributed by atoms with Gasteiger partial charge in [0.25, 0.3) is 0 Å². The lowest BCUT2D eigenvalue weighted by Gasteiger charge is -2.23. The van der Waals surface area contributed by atoms with Gasteiger partial charge >= 0.3 is 12.0 Å². The number of carbonyl (C=O) groups excluding carboxylic acids is 1. The maximum Gasteiger partial charge on any atom is 0.338 e. The summed E-state index contributed by atoms with van der Waals surface area (Å²) in [5.74, 6) is -3.24. The van der Waals surface area contributed by atoms with Crippen LogP contribution in [0.5, 0.6) is 0 Å². The summed E-state index contributed by atoms with van der Waals surface area (Å²) in [4.78, 5) is 24.7. The largest absolute Gasteiger partial charge is 0.478 e. The average Bonchev–Trinajstić information content (AvgIpc) is 3.34. The number of carbonyl (C=O) groups is 2. The number of carboxylic acids is 1. The van der Waals surface area contributed by atoms with Gasteiger partial charge in [-0.05, 0) is 53.8 Å². The predicted octanol–water partition coefficient (Wildman–Crippen LogP) is 8.22. The number of hydrogen-bond donors (Lipinski definition) is 2. The SMILES string of the molecule is CC(C)(C)C.Fc1ccccc1Cl.N#CC1(c2ccc(Cl)cc2F)CCN(C(=O)NCc2ccc(C(=O)O)c(F)c2)C1. The highest BCUT2D eigenvalue weighted by molar-refractivity contribution is 6.30. The summed E-state index contributed by atoms with van der Waals surface area (Å²) in [7, 11) is 0. The fourth-order valence-electron chi connectivity index (χ4n) is 3.80. The Kier molecular flexibility index (Phi) is 12.3. The Morgan fingerprint density at radius 3 is 2.14 bits per heavy atom. The van der Waals surface area contributed by atoms with Gasteiger partial charge in [-0.2, -0.15) is 5.26 Å². The van der Waals surface area contributed by atoms with Crippen LogP contribution < -0.4 is 5.32 Å². The normalized spacial score (nSPS) is 15.9. The van der Waals surface area contributed by atoms with Crippen LogP contribution in [0, 0.1) is 34.2 Å². The van der Waals surface area contributed by atoms with Crippen LogP contribution in [0.25, 0.3) is 0 Å². The Morgan fingerprint density at radius 2 is 1.64 bits per heavy atom. The second kappa shape index (κ2) is 14.9. The summed E-state index contributed by atoms with van der Waals surface area (Å²) in [5.41, 5.74) is -0.564. The van der Waals surface area contributed by atoms with E-state index in [1.54, 1.807) is 12.1 Å². The molecule has 1 fully saturated rings. The lowest BCUT2D eigenvalue weighted by Crippen LogP contribution is -2.40. The van der Waals surface area contributed by atoms with Crippen molar-refractivity contribution in [2.24, 2.45) is 5.41 Å². The van der Waals surface area contributed by atoms with E-state index in [-0.39, 0.29) is 47.5 Å². The fourth-order valence-corrected chi connectivity index (χ4v) is 4.10. The van der Waals surface area contributed by atoms with Crippen LogP contribution in [0.15, 0.2) is 60.7 Å². The number of nitriles is 1. The zero-order valence-electron chi connectivity index (χ0n) is 23.6. The highest BCUT2D eigenvalue weighted by Crippen LogP contribution is 2.36. The quantitative estimate of drug-likeness (QED) is 0.307. The van der Waals surface area contributed by atoms with Gasteiger partial charge in [-0.25, -0.2) is 22.8 Å². The summed E-state index contributed by atoms with van der Waals surface area (Å²) >= 11 is 11.1. The number of carboxylic acid groups (broad SMARTS) is 1. The fraction of sp³-hybridized carbons (Fsp3) is 0.323. The summed E-state index contributed by atoms with van der Waals surface area (Å²) in [5, 5.41) is 21.5. The topological polar surface area (TPSA) is 93.4 Å². The zero-order valence-corrected chi connectivity index (χ0v) is 25.2. The maximum absolute atomic E-state index is 14.3. The molecule has 0 saturated carbocycles. The lowest BCUT2D eigenvalue weighted by atomic mass is 9.81. The van der Waals surface area contributed by atoms with E-state index in [2.05, 4.69) is 39.1 Å². The summed E-state index contributed by atoms with van der Waals surface area (Å²) in [6.07, 6.45) is 0.261. The van der Waals surface area contributed by atoms with Crippen molar-refractivity contribution in [3.8, 4) is 6.07 Å². The maximum atomic E-state index is 14.3. The van der Waals surface area contributed by atoms with E-state index in [9.17, 15) is 28.0 Å². The first-order chi connectivity index (χ1) is 19.6. The van der Waals surface area contributed by atoms with Crippen molar-refractivity contribution in [3.05, 3.63) is 105 Å². The van der Waals surface area contributed by atoms with Gasteiger partial charge in [0.15, 0.2) is 0 Å². The number of nitrogens with zero attached hydrogens (tertiary/aromatic N) is 2. The third-order valence-electron chi connectivity index (χ3n) is 5.75. The Bertz CT molecular complexity index is 1430. The Labute approximate surface area is 253 Å². The molecule has 2 N–H and O–H groups in total. The van der Waals surface area contributed by atoms with Gasteiger partial charge < -0.3 is 15.3 Å². The molecule has 1 unspecified atom stereocenters. The smallest absolute Gasteiger partial charge is 0.338 e. The molecule has 4 rings (SSSR count). The third-order valence-corrected chi connectivity index (χ3v) is 6.29. The highest BCUT2D eigenvalue weighted by Gasteiger charge is 2.43. The third kappa shape index (κ3) is 10.3. The van der Waals surface area contributed by atoms with Crippen molar-refractivity contribution in [2.75, 3.05) is 13.1 Å². The number of hydrogen-bond acceptors (Lipinski definition) is 3. The molecule has 1 aliphatic heterocycles. The molecule has 0 radical (unpaired) electrons. The molecule has 1 heterocycles. The second-order valence-electron chi connectivity index (χ2n) is 11.2. The first-order valence-corrected chi connectivity index (χ1v) is 13.6. The molecule has 11 heteroatoms. The van der Waals surface area contributed by atoms with E-state index >= 15 is 0 Å². The molecular formula is C31H32Cl2F3N3O3. The van der Waals surface area contributed by atoms with Crippen molar-refractivity contribution in [3.63, 3.8) is 0 Å². The van der Waals surface area contributed by atoms with Gasteiger partial charge in [-0.15, -0.1) is 0 Å². The monoisotopic (exact) mass is 621 g/mol. The number of nitrogens with one attached hydrogen (secondary N) is 1. The van der Waals surface area contributed by atoms with Gasteiger partial charge in [0.1, 0.15) is 22.9 Å². The van der Waals surface area contributed by atoms with Crippen molar-refractivity contribution in [1.29, 1.82) is 5.26 Å². The van der Waals surface area contributed by atoms with Crippen molar-refractivity contribution < 1.29 is 27.9 Å². The first-order valence-electron chi connectivity index (χ1n) is 12.9. The molecule has 3 aromatic rings. The molecular weight excluding hydrogens is 590 g/mol. The van der Waals surface area contributed by atoms with E-state index in [4.69, 9.17) is 28.3 Å². The van der Waals surface area contributed by atoms with Crippen LogP contribution in [-0.4, -0.2) is 35.1 Å². The Balaban J connectivity index is 0.000000391. The molecule has 0 aliphatic carbocycles.